The van der Waals surface area contributed by atoms with Gasteiger partial charge in [0.1, 0.15) is 11.6 Å². The van der Waals surface area contributed by atoms with E-state index in [9.17, 15) is 14.7 Å². The highest BCUT2D eigenvalue weighted by atomic mass is 16.6. The van der Waals surface area contributed by atoms with Crippen LogP contribution in [0.4, 0.5) is 4.79 Å². The molecule has 0 radical (unpaired) electrons. The minimum atomic E-state index is -0.589. The number of ether oxygens (including phenoxy) is 1. The van der Waals surface area contributed by atoms with Gasteiger partial charge in [0, 0.05) is 13.1 Å². The first kappa shape index (κ1) is 18.0. The Labute approximate surface area is 138 Å². The van der Waals surface area contributed by atoms with Crippen molar-refractivity contribution >= 4 is 12.0 Å². The van der Waals surface area contributed by atoms with E-state index in [0.717, 1.165) is 25.7 Å². The number of amides is 2. The Bertz CT molecular complexity index is 427. The van der Waals surface area contributed by atoms with Gasteiger partial charge in [0.05, 0.1) is 6.10 Å². The largest absolute Gasteiger partial charge is 0.444 e. The first-order chi connectivity index (χ1) is 10.8. The minimum absolute atomic E-state index is 0.0840. The number of nitrogens with zero attached hydrogens (tertiary/aromatic N) is 1. The van der Waals surface area contributed by atoms with Crippen LogP contribution in [0.5, 0.6) is 0 Å². The molecule has 2 fully saturated rings. The van der Waals surface area contributed by atoms with Crippen LogP contribution in [0.2, 0.25) is 0 Å². The van der Waals surface area contributed by atoms with E-state index in [1.54, 1.807) is 25.7 Å². The average molecular weight is 326 g/mol. The predicted octanol–water partition coefficient (Wildman–Crippen LogP) is 2.05. The fourth-order valence-corrected chi connectivity index (χ4v) is 3.42. The average Bonchev–Trinajstić information content (AvgIpc) is 2.90. The second kappa shape index (κ2) is 7.51. The highest BCUT2D eigenvalue weighted by molar-refractivity contribution is 5.86. The molecule has 1 unspecified atom stereocenters. The molecule has 2 atom stereocenters. The van der Waals surface area contributed by atoms with E-state index in [2.05, 4.69) is 5.32 Å². The normalized spacial score (nSPS) is 24.3. The molecular formula is C17H30N2O4. The number of likely N-dealkylation sites (tertiary alicyclic amines) is 1. The Kier molecular flexibility index (Phi) is 5.89. The molecule has 0 aromatic heterocycles. The number of aliphatic hydroxyl groups is 1. The molecule has 0 aromatic rings. The molecule has 6 heteroatoms. The third-order valence-corrected chi connectivity index (χ3v) is 4.53. The van der Waals surface area contributed by atoms with Crippen molar-refractivity contribution in [2.24, 2.45) is 5.92 Å². The SMILES string of the molecule is CC(C)(C)OC(=O)N[C@H](C(=O)N1CCC(O)C1)C1CCCCC1. The van der Waals surface area contributed by atoms with Gasteiger partial charge in [0.25, 0.3) is 0 Å². The highest BCUT2D eigenvalue weighted by Crippen LogP contribution is 2.28. The smallest absolute Gasteiger partial charge is 0.408 e. The summed E-state index contributed by atoms with van der Waals surface area (Å²) in [7, 11) is 0. The van der Waals surface area contributed by atoms with Crippen LogP contribution in [0.15, 0.2) is 0 Å². The molecule has 1 aliphatic heterocycles. The summed E-state index contributed by atoms with van der Waals surface area (Å²) in [4.78, 5) is 26.6. The Balaban J connectivity index is 2.04. The third-order valence-electron chi connectivity index (χ3n) is 4.53. The van der Waals surface area contributed by atoms with Crippen LogP contribution in [-0.4, -0.2) is 52.8 Å². The molecule has 6 nitrogen and oxygen atoms in total. The molecule has 0 aromatic carbocycles. The van der Waals surface area contributed by atoms with Gasteiger partial charge in [0.2, 0.25) is 5.91 Å². The number of carbonyl (C=O) groups excluding carboxylic acids is 2. The maximum atomic E-state index is 12.8. The van der Waals surface area contributed by atoms with Crippen molar-refractivity contribution in [1.82, 2.24) is 10.2 Å². The second-order valence-electron chi connectivity index (χ2n) is 7.75. The van der Waals surface area contributed by atoms with Crippen molar-refractivity contribution in [3.8, 4) is 0 Å². The zero-order chi connectivity index (χ0) is 17.0. The van der Waals surface area contributed by atoms with E-state index >= 15 is 0 Å². The van der Waals surface area contributed by atoms with Gasteiger partial charge < -0.3 is 20.1 Å². The van der Waals surface area contributed by atoms with Crippen LogP contribution in [0.25, 0.3) is 0 Å². The summed E-state index contributed by atoms with van der Waals surface area (Å²) in [6, 6.07) is -0.546. The van der Waals surface area contributed by atoms with Crippen LogP contribution in [-0.2, 0) is 9.53 Å². The standard InChI is InChI=1S/C17H30N2O4/c1-17(2,3)23-16(22)18-14(12-7-5-4-6-8-12)15(21)19-10-9-13(20)11-19/h12-14,20H,4-11H2,1-3H3,(H,18,22)/t13?,14-/m0/s1. The lowest BCUT2D eigenvalue weighted by atomic mass is 9.83. The number of β-amino-alcohol motifs (C(OH)–C–C–N with tert-alkyl or cyclic N) is 1. The third kappa shape index (κ3) is 5.37. The summed E-state index contributed by atoms with van der Waals surface area (Å²) < 4.78 is 5.32. The lowest BCUT2D eigenvalue weighted by Crippen LogP contribution is -2.53. The number of aliphatic hydroxyl groups excluding tert-OH is 1. The van der Waals surface area contributed by atoms with Crippen molar-refractivity contribution in [2.45, 2.75) is 77.0 Å². The van der Waals surface area contributed by atoms with E-state index in [1.165, 1.54) is 6.42 Å². The van der Waals surface area contributed by atoms with Gasteiger partial charge in [-0.25, -0.2) is 4.79 Å². The Morgan fingerprint density at radius 1 is 1.17 bits per heavy atom. The van der Waals surface area contributed by atoms with Crippen LogP contribution >= 0.6 is 0 Å². The van der Waals surface area contributed by atoms with Gasteiger partial charge in [-0.1, -0.05) is 19.3 Å². The van der Waals surface area contributed by atoms with Crippen molar-refractivity contribution in [3.05, 3.63) is 0 Å². The summed E-state index contributed by atoms with van der Waals surface area (Å²) >= 11 is 0. The van der Waals surface area contributed by atoms with Crippen molar-refractivity contribution < 1.29 is 19.4 Å². The molecule has 1 saturated heterocycles. The molecule has 0 spiro atoms. The van der Waals surface area contributed by atoms with Crippen LogP contribution in [0.1, 0.15) is 59.3 Å². The lowest BCUT2D eigenvalue weighted by Gasteiger charge is -2.33. The quantitative estimate of drug-likeness (QED) is 0.832. The molecule has 1 heterocycles. The molecule has 0 bridgehead atoms. The maximum Gasteiger partial charge on any atom is 0.408 e. The van der Waals surface area contributed by atoms with Gasteiger partial charge in [-0.15, -0.1) is 0 Å². The van der Waals surface area contributed by atoms with Gasteiger partial charge in [-0.05, 0) is 46.0 Å². The van der Waals surface area contributed by atoms with Crippen LogP contribution < -0.4 is 5.32 Å². The Morgan fingerprint density at radius 3 is 2.35 bits per heavy atom. The number of nitrogens with one attached hydrogen (secondary N) is 1. The fraction of sp³-hybridized carbons (Fsp3) is 0.882. The molecule has 132 valence electrons. The van der Waals surface area contributed by atoms with Crippen LogP contribution in [0.3, 0.4) is 0 Å². The Morgan fingerprint density at radius 2 is 1.83 bits per heavy atom. The molecule has 23 heavy (non-hydrogen) atoms. The van der Waals surface area contributed by atoms with Gasteiger partial charge in [-0.3, -0.25) is 4.79 Å². The monoisotopic (exact) mass is 326 g/mol. The Hall–Kier alpha value is -1.30. The topological polar surface area (TPSA) is 78.9 Å². The van der Waals surface area contributed by atoms with Gasteiger partial charge in [-0.2, -0.15) is 0 Å². The van der Waals surface area contributed by atoms with E-state index in [4.69, 9.17) is 4.74 Å². The van der Waals surface area contributed by atoms with Gasteiger partial charge in [0.15, 0.2) is 0 Å². The van der Waals surface area contributed by atoms with E-state index < -0.39 is 23.8 Å². The number of alkyl carbamates (subject to hydrolysis) is 1. The fourth-order valence-electron chi connectivity index (χ4n) is 3.42. The number of hydrogen-bond donors (Lipinski definition) is 2. The van der Waals surface area contributed by atoms with Crippen molar-refractivity contribution in [2.75, 3.05) is 13.1 Å². The van der Waals surface area contributed by atoms with E-state index in [-0.39, 0.29) is 11.8 Å². The van der Waals surface area contributed by atoms with Gasteiger partial charge >= 0.3 is 6.09 Å². The predicted molar refractivity (Wildman–Crippen MR) is 86.9 cm³/mol. The summed E-state index contributed by atoms with van der Waals surface area (Å²) in [6.07, 6.45) is 4.88. The summed E-state index contributed by atoms with van der Waals surface area (Å²) in [5, 5.41) is 12.5. The lowest BCUT2D eigenvalue weighted by molar-refractivity contribution is -0.134. The number of hydrogen-bond acceptors (Lipinski definition) is 4. The number of rotatable bonds is 3. The summed E-state index contributed by atoms with van der Waals surface area (Å²) in [5.41, 5.74) is -0.589. The first-order valence-electron chi connectivity index (χ1n) is 8.72. The maximum absolute atomic E-state index is 12.8. The molecular weight excluding hydrogens is 296 g/mol. The zero-order valence-corrected chi connectivity index (χ0v) is 14.5. The highest BCUT2D eigenvalue weighted by Gasteiger charge is 2.37. The van der Waals surface area contributed by atoms with Crippen LogP contribution in [0, 0.1) is 5.92 Å². The summed E-state index contributed by atoms with van der Waals surface area (Å²) in [5.74, 6) is 0.0702. The molecule has 2 N–H and O–H groups in total. The second-order valence-corrected chi connectivity index (χ2v) is 7.75. The van der Waals surface area contributed by atoms with Crippen molar-refractivity contribution in [1.29, 1.82) is 0 Å². The molecule has 2 rings (SSSR count). The molecule has 1 saturated carbocycles. The van der Waals surface area contributed by atoms with E-state index in [0.29, 0.717) is 19.5 Å². The summed E-state index contributed by atoms with van der Waals surface area (Å²) in [6.45, 7) is 6.33. The number of carbonyl (C=O) groups is 2. The molecule has 2 aliphatic rings. The zero-order valence-electron chi connectivity index (χ0n) is 14.5. The molecule has 1 aliphatic carbocycles. The minimum Gasteiger partial charge on any atom is -0.444 e. The van der Waals surface area contributed by atoms with E-state index in [1.807, 2.05) is 0 Å². The first-order valence-corrected chi connectivity index (χ1v) is 8.72. The van der Waals surface area contributed by atoms with Crippen molar-refractivity contribution in [3.63, 3.8) is 0 Å². The molecule has 2 amide bonds.